The lowest BCUT2D eigenvalue weighted by Gasteiger charge is -2.08. The van der Waals surface area contributed by atoms with E-state index < -0.39 is 5.91 Å². The lowest BCUT2D eigenvalue weighted by atomic mass is 10.1. The van der Waals surface area contributed by atoms with Crippen LogP contribution < -0.4 is 10.5 Å². The molecule has 1 aromatic rings. The molecule has 0 heterocycles. The first kappa shape index (κ1) is 9.86. The van der Waals surface area contributed by atoms with E-state index in [0.717, 1.165) is 5.56 Å². The topological polar surface area (TPSA) is 52.3 Å². The quantitative estimate of drug-likeness (QED) is 0.789. The van der Waals surface area contributed by atoms with Crippen molar-refractivity contribution < 1.29 is 9.53 Å². The van der Waals surface area contributed by atoms with Gasteiger partial charge >= 0.3 is 0 Å². The first-order valence-corrected chi connectivity index (χ1v) is 4.08. The highest BCUT2D eigenvalue weighted by atomic mass is 35.5. The summed E-state index contributed by atoms with van der Waals surface area (Å²) >= 11 is 5.88. The molecule has 70 valence electrons. The summed E-state index contributed by atoms with van der Waals surface area (Å²) in [6.45, 7) is 1.84. The molecule has 0 saturated carbocycles. The third-order valence-electron chi connectivity index (χ3n) is 1.76. The van der Waals surface area contributed by atoms with Gasteiger partial charge in [0.05, 0.1) is 17.7 Å². The van der Waals surface area contributed by atoms with Crippen LogP contribution in [-0.2, 0) is 0 Å². The zero-order chi connectivity index (χ0) is 10.0. The highest BCUT2D eigenvalue weighted by Gasteiger charge is 2.12. The molecule has 0 spiro atoms. The second-order valence-corrected chi connectivity index (χ2v) is 3.02. The van der Waals surface area contributed by atoms with Crippen molar-refractivity contribution >= 4 is 17.5 Å². The summed E-state index contributed by atoms with van der Waals surface area (Å²) in [4.78, 5) is 10.9. The van der Waals surface area contributed by atoms with Crippen molar-refractivity contribution in [3.8, 4) is 5.75 Å². The average Bonchev–Trinajstić information content (AvgIpc) is 2.04. The molecule has 13 heavy (non-hydrogen) atoms. The van der Waals surface area contributed by atoms with Crippen molar-refractivity contribution in [1.82, 2.24) is 0 Å². The van der Waals surface area contributed by atoms with E-state index in [0.29, 0.717) is 5.75 Å². The number of benzene rings is 1. The smallest absolute Gasteiger partial charge is 0.250 e. The van der Waals surface area contributed by atoms with Crippen molar-refractivity contribution in [2.24, 2.45) is 5.73 Å². The van der Waals surface area contributed by atoms with Crippen LogP contribution in [-0.4, -0.2) is 13.0 Å². The summed E-state index contributed by atoms with van der Waals surface area (Å²) < 4.78 is 5.03. The molecule has 3 nitrogen and oxygen atoms in total. The first-order chi connectivity index (χ1) is 6.07. The minimum absolute atomic E-state index is 0.273. The van der Waals surface area contributed by atoms with Crippen LogP contribution in [0.5, 0.6) is 5.75 Å². The highest BCUT2D eigenvalue weighted by molar-refractivity contribution is 6.35. The van der Waals surface area contributed by atoms with Crippen LogP contribution >= 0.6 is 11.6 Å². The number of primary amides is 1. The van der Waals surface area contributed by atoms with E-state index in [4.69, 9.17) is 22.1 Å². The van der Waals surface area contributed by atoms with E-state index in [-0.39, 0.29) is 10.6 Å². The Morgan fingerprint density at radius 2 is 2.15 bits per heavy atom. The maximum Gasteiger partial charge on any atom is 0.250 e. The summed E-state index contributed by atoms with van der Waals surface area (Å²) in [5.41, 5.74) is 6.26. The van der Waals surface area contributed by atoms with Crippen molar-refractivity contribution in [1.29, 1.82) is 0 Å². The fraction of sp³-hybridized carbons (Fsp3) is 0.222. The predicted molar refractivity (Wildman–Crippen MR) is 51.3 cm³/mol. The van der Waals surface area contributed by atoms with Gasteiger partial charge in [-0.3, -0.25) is 4.79 Å². The van der Waals surface area contributed by atoms with Gasteiger partial charge in [0.1, 0.15) is 5.75 Å². The molecule has 1 amide bonds. The molecule has 0 radical (unpaired) electrons. The van der Waals surface area contributed by atoms with Crippen LogP contribution in [0.2, 0.25) is 5.02 Å². The van der Waals surface area contributed by atoms with Crippen molar-refractivity contribution in [2.45, 2.75) is 6.92 Å². The Labute approximate surface area is 81.4 Å². The first-order valence-electron chi connectivity index (χ1n) is 3.70. The highest BCUT2D eigenvalue weighted by Crippen LogP contribution is 2.31. The van der Waals surface area contributed by atoms with Crippen LogP contribution in [0.15, 0.2) is 12.1 Å². The number of nitrogens with two attached hydrogens (primary N) is 1. The van der Waals surface area contributed by atoms with Gasteiger partial charge in [-0.2, -0.15) is 0 Å². The predicted octanol–water partition coefficient (Wildman–Crippen LogP) is 1.76. The summed E-state index contributed by atoms with van der Waals surface area (Å²) in [5, 5.41) is 0.273. The maximum absolute atomic E-state index is 10.9. The molecule has 2 N–H and O–H groups in total. The van der Waals surface area contributed by atoms with Gasteiger partial charge in [0.2, 0.25) is 5.91 Å². The second-order valence-electron chi connectivity index (χ2n) is 2.64. The van der Waals surface area contributed by atoms with E-state index in [1.165, 1.54) is 7.11 Å². The third kappa shape index (κ3) is 1.75. The van der Waals surface area contributed by atoms with Gasteiger partial charge in [0.15, 0.2) is 0 Å². The Balaban J connectivity index is 3.35. The molecule has 0 aliphatic rings. The van der Waals surface area contributed by atoms with Crippen LogP contribution in [0.1, 0.15) is 15.9 Å². The Bertz CT molecular complexity index is 350. The van der Waals surface area contributed by atoms with Gasteiger partial charge in [-0.25, -0.2) is 0 Å². The lowest BCUT2D eigenvalue weighted by Crippen LogP contribution is -2.12. The minimum Gasteiger partial charge on any atom is -0.495 e. The summed E-state index contributed by atoms with van der Waals surface area (Å²) in [6.07, 6.45) is 0. The van der Waals surface area contributed by atoms with E-state index >= 15 is 0 Å². The Morgan fingerprint density at radius 1 is 1.54 bits per heavy atom. The second kappa shape index (κ2) is 3.66. The van der Waals surface area contributed by atoms with Gasteiger partial charge in [-0.05, 0) is 18.6 Å². The number of carbonyl (C=O) groups excluding carboxylic acids is 1. The fourth-order valence-corrected chi connectivity index (χ4v) is 1.48. The number of hydrogen-bond acceptors (Lipinski definition) is 2. The molecular formula is C9H10ClNO2. The zero-order valence-corrected chi connectivity index (χ0v) is 8.18. The van der Waals surface area contributed by atoms with Gasteiger partial charge in [-0.1, -0.05) is 17.7 Å². The van der Waals surface area contributed by atoms with Crippen LogP contribution in [0.4, 0.5) is 0 Å². The van der Waals surface area contributed by atoms with E-state index in [9.17, 15) is 4.79 Å². The van der Waals surface area contributed by atoms with Crippen molar-refractivity contribution in [2.75, 3.05) is 7.11 Å². The molecule has 0 aromatic heterocycles. The Hall–Kier alpha value is -1.22. The molecule has 0 atom stereocenters. The monoisotopic (exact) mass is 199 g/mol. The van der Waals surface area contributed by atoms with Gasteiger partial charge in [0.25, 0.3) is 0 Å². The SMILES string of the molecule is COc1c(C)ccc(C(N)=O)c1Cl. The fourth-order valence-electron chi connectivity index (χ4n) is 1.09. The molecule has 1 aromatic carbocycles. The lowest BCUT2D eigenvalue weighted by molar-refractivity contribution is 0.1000. The molecule has 4 heteroatoms. The summed E-state index contributed by atoms with van der Waals surface area (Å²) in [5.74, 6) is -0.0544. The minimum atomic E-state index is -0.552. The van der Waals surface area contributed by atoms with Gasteiger partial charge in [0, 0.05) is 0 Å². The van der Waals surface area contributed by atoms with Crippen LogP contribution in [0, 0.1) is 6.92 Å². The number of halogens is 1. The van der Waals surface area contributed by atoms with Crippen LogP contribution in [0.25, 0.3) is 0 Å². The van der Waals surface area contributed by atoms with Crippen LogP contribution in [0.3, 0.4) is 0 Å². The molecule has 0 saturated heterocycles. The Morgan fingerprint density at radius 3 is 2.62 bits per heavy atom. The number of aryl methyl sites for hydroxylation is 1. The number of carbonyl (C=O) groups is 1. The van der Waals surface area contributed by atoms with E-state index in [2.05, 4.69) is 0 Å². The number of ether oxygens (including phenoxy) is 1. The molecule has 0 fully saturated rings. The number of rotatable bonds is 2. The third-order valence-corrected chi connectivity index (χ3v) is 2.14. The molecule has 0 unspecified atom stereocenters. The van der Waals surface area contributed by atoms with Gasteiger partial charge in [-0.15, -0.1) is 0 Å². The average molecular weight is 200 g/mol. The molecule has 0 aliphatic heterocycles. The van der Waals surface area contributed by atoms with E-state index in [1.807, 2.05) is 6.92 Å². The zero-order valence-electron chi connectivity index (χ0n) is 7.43. The largest absolute Gasteiger partial charge is 0.495 e. The van der Waals surface area contributed by atoms with Gasteiger partial charge < -0.3 is 10.5 Å². The maximum atomic E-state index is 10.9. The normalized spacial score (nSPS) is 9.77. The summed E-state index contributed by atoms with van der Waals surface area (Å²) in [7, 11) is 1.50. The molecule has 0 aliphatic carbocycles. The molecule has 1 rings (SSSR count). The number of amides is 1. The Kier molecular flexibility index (Phi) is 2.78. The number of hydrogen-bond donors (Lipinski definition) is 1. The molecular weight excluding hydrogens is 190 g/mol. The number of methoxy groups -OCH3 is 1. The standard InChI is InChI=1S/C9H10ClNO2/c1-5-3-4-6(9(11)12)7(10)8(5)13-2/h3-4H,1-2H3,(H2,11,12). The summed E-state index contributed by atoms with van der Waals surface area (Å²) in [6, 6.07) is 3.33. The molecule has 0 bridgehead atoms. The van der Waals surface area contributed by atoms with Crippen molar-refractivity contribution in [3.63, 3.8) is 0 Å². The van der Waals surface area contributed by atoms with Crippen molar-refractivity contribution in [3.05, 3.63) is 28.3 Å². The van der Waals surface area contributed by atoms with E-state index in [1.54, 1.807) is 12.1 Å².